The first-order valence-electron chi connectivity index (χ1n) is 12.0. The lowest BCUT2D eigenvalue weighted by atomic mass is 9.97. The van der Waals surface area contributed by atoms with Crippen molar-refractivity contribution in [3.05, 3.63) is 0 Å². The molecule has 0 aromatic carbocycles. The van der Waals surface area contributed by atoms with Crippen molar-refractivity contribution in [2.75, 3.05) is 26.3 Å². The van der Waals surface area contributed by atoms with Crippen LogP contribution in [-0.2, 0) is 19.1 Å². The molecule has 2 saturated heterocycles. The number of likely N-dealkylation sites (tertiary alicyclic amines) is 2. The van der Waals surface area contributed by atoms with E-state index in [1.807, 2.05) is 6.92 Å². The largest absolute Gasteiger partial charge is 0.464 e. The zero-order valence-electron chi connectivity index (χ0n) is 18.9. The van der Waals surface area contributed by atoms with Gasteiger partial charge in [0.2, 0.25) is 5.91 Å². The molecule has 0 aliphatic carbocycles. The molecular formula is C23H40N2O5. The van der Waals surface area contributed by atoms with Crippen LogP contribution >= 0.6 is 0 Å². The van der Waals surface area contributed by atoms with E-state index in [1.165, 1.54) is 12.8 Å². The maximum atomic E-state index is 13.4. The topological polar surface area (TPSA) is 76.2 Å². The fourth-order valence-corrected chi connectivity index (χ4v) is 4.29. The van der Waals surface area contributed by atoms with Gasteiger partial charge in [-0.3, -0.25) is 9.69 Å². The van der Waals surface area contributed by atoms with E-state index in [4.69, 9.17) is 9.47 Å². The molecule has 0 radical (unpaired) electrons. The summed E-state index contributed by atoms with van der Waals surface area (Å²) in [4.78, 5) is 41.8. The molecule has 0 aromatic heterocycles. The van der Waals surface area contributed by atoms with Crippen molar-refractivity contribution in [2.24, 2.45) is 0 Å². The van der Waals surface area contributed by atoms with E-state index in [0.717, 1.165) is 51.4 Å². The lowest BCUT2D eigenvalue weighted by molar-refractivity contribution is -0.159. The summed E-state index contributed by atoms with van der Waals surface area (Å²) < 4.78 is 10.8. The van der Waals surface area contributed by atoms with Crippen molar-refractivity contribution in [3.8, 4) is 0 Å². The Morgan fingerprint density at radius 2 is 1.40 bits per heavy atom. The van der Waals surface area contributed by atoms with E-state index in [1.54, 1.807) is 9.80 Å². The molecule has 2 heterocycles. The number of hydrogen-bond acceptors (Lipinski definition) is 5. The molecule has 2 amide bonds. The number of amides is 2. The van der Waals surface area contributed by atoms with Gasteiger partial charge in [-0.2, -0.15) is 0 Å². The van der Waals surface area contributed by atoms with Crippen LogP contribution in [0, 0.1) is 0 Å². The second kappa shape index (κ2) is 13.5. The van der Waals surface area contributed by atoms with Crippen LogP contribution in [0.4, 0.5) is 4.79 Å². The zero-order valence-corrected chi connectivity index (χ0v) is 18.9. The first-order valence-corrected chi connectivity index (χ1v) is 12.0. The third-order valence-electron chi connectivity index (χ3n) is 6.00. The maximum absolute atomic E-state index is 13.4. The molecule has 2 atom stereocenters. The molecule has 2 rings (SSSR count). The predicted octanol–water partition coefficient (Wildman–Crippen LogP) is 4.28. The second-order valence-corrected chi connectivity index (χ2v) is 8.44. The lowest BCUT2D eigenvalue weighted by Crippen LogP contribution is -2.58. The highest BCUT2D eigenvalue weighted by Crippen LogP contribution is 2.25. The van der Waals surface area contributed by atoms with Crippen LogP contribution < -0.4 is 0 Å². The van der Waals surface area contributed by atoms with Gasteiger partial charge in [0.05, 0.1) is 13.2 Å². The number of unbranched alkanes of at least 4 members (excludes halogenated alkanes) is 4. The molecule has 2 fully saturated rings. The van der Waals surface area contributed by atoms with Crippen molar-refractivity contribution in [3.63, 3.8) is 0 Å². The van der Waals surface area contributed by atoms with E-state index >= 15 is 0 Å². The summed E-state index contributed by atoms with van der Waals surface area (Å²) in [5.41, 5.74) is 0. The van der Waals surface area contributed by atoms with Crippen molar-refractivity contribution in [1.82, 2.24) is 9.80 Å². The SMILES string of the molecule is CCCCCCCOC(=O)C1CCCCN1C(=O)C1CCCCN1C(=O)OCCC. The van der Waals surface area contributed by atoms with E-state index < -0.39 is 18.2 Å². The van der Waals surface area contributed by atoms with Crippen molar-refractivity contribution < 1.29 is 23.9 Å². The Balaban J connectivity index is 1.95. The summed E-state index contributed by atoms with van der Waals surface area (Å²) in [6, 6.07) is -1.07. The van der Waals surface area contributed by atoms with Gasteiger partial charge in [0.1, 0.15) is 12.1 Å². The first-order chi connectivity index (χ1) is 14.6. The molecule has 0 aromatic rings. The summed E-state index contributed by atoms with van der Waals surface area (Å²) in [6.07, 6.45) is 10.6. The van der Waals surface area contributed by atoms with Gasteiger partial charge >= 0.3 is 12.1 Å². The number of rotatable bonds is 10. The van der Waals surface area contributed by atoms with Crippen LogP contribution in [0.2, 0.25) is 0 Å². The van der Waals surface area contributed by atoms with Gasteiger partial charge in [-0.25, -0.2) is 9.59 Å². The summed E-state index contributed by atoms with van der Waals surface area (Å²) in [7, 11) is 0. The monoisotopic (exact) mass is 424 g/mol. The zero-order chi connectivity index (χ0) is 21.8. The second-order valence-electron chi connectivity index (χ2n) is 8.44. The molecular weight excluding hydrogens is 384 g/mol. The van der Waals surface area contributed by atoms with Crippen molar-refractivity contribution in [1.29, 1.82) is 0 Å². The van der Waals surface area contributed by atoms with E-state index in [9.17, 15) is 14.4 Å². The average molecular weight is 425 g/mol. The molecule has 7 nitrogen and oxygen atoms in total. The summed E-state index contributed by atoms with van der Waals surface area (Å²) in [5.74, 6) is -0.429. The van der Waals surface area contributed by atoms with Gasteiger partial charge in [0.15, 0.2) is 0 Å². The van der Waals surface area contributed by atoms with Gasteiger partial charge < -0.3 is 14.4 Å². The molecule has 30 heavy (non-hydrogen) atoms. The Morgan fingerprint density at radius 1 is 0.733 bits per heavy atom. The van der Waals surface area contributed by atoms with E-state index in [2.05, 4.69) is 6.92 Å². The number of carbonyl (C=O) groups is 3. The quantitative estimate of drug-likeness (QED) is 0.386. The minimum Gasteiger partial charge on any atom is -0.464 e. The molecule has 0 N–H and O–H groups in total. The third kappa shape index (κ3) is 7.17. The van der Waals surface area contributed by atoms with Crippen molar-refractivity contribution in [2.45, 2.75) is 103 Å². The minimum atomic E-state index is -0.537. The molecule has 7 heteroatoms. The Labute approximate surface area is 181 Å². The minimum absolute atomic E-state index is 0.132. The Kier molecular flexibility index (Phi) is 11.0. The van der Waals surface area contributed by atoms with Crippen LogP contribution in [-0.4, -0.2) is 66.2 Å². The number of carbonyl (C=O) groups excluding carboxylic acids is 3. The Hall–Kier alpha value is -1.79. The van der Waals surface area contributed by atoms with Crippen LogP contribution in [0.1, 0.15) is 90.9 Å². The normalized spacial score (nSPS) is 21.9. The average Bonchev–Trinajstić information content (AvgIpc) is 2.79. The van der Waals surface area contributed by atoms with Gasteiger partial charge in [0, 0.05) is 13.1 Å². The summed E-state index contributed by atoms with van der Waals surface area (Å²) >= 11 is 0. The van der Waals surface area contributed by atoms with Crippen LogP contribution in [0.5, 0.6) is 0 Å². The maximum Gasteiger partial charge on any atom is 0.410 e. The van der Waals surface area contributed by atoms with Crippen LogP contribution in [0.15, 0.2) is 0 Å². The highest BCUT2D eigenvalue weighted by Gasteiger charge is 2.40. The molecule has 172 valence electrons. The number of esters is 1. The van der Waals surface area contributed by atoms with Gasteiger partial charge in [-0.15, -0.1) is 0 Å². The Morgan fingerprint density at radius 3 is 2.10 bits per heavy atom. The third-order valence-corrected chi connectivity index (χ3v) is 6.00. The van der Waals surface area contributed by atoms with E-state index in [0.29, 0.717) is 39.1 Å². The highest BCUT2D eigenvalue weighted by molar-refractivity contribution is 5.90. The van der Waals surface area contributed by atoms with E-state index in [-0.39, 0.29) is 11.9 Å². The lowest BCUT2D eigenvalue weighted by Gasteiger charge is -2.40. The molecule has 0 saturated carbocycles. The van der Waals surface area contributed by atoms with Gasteiger partial charge in [-0.1, -0.05) is 39.5 Å². The fourth-order valence-electron chi connectivity index (χ4n) is 4.29. The molecule has 0 spiro atoms. The molecule has 2 aliphatic heterocycles. The first kappa shape index (κ1) is 24.5. The number of hydrogen-bond donors (Lipinski definition) is 0. The Bertz CT molecular complexity index is 554. The standard InChI is InChI=1S/C23H40N2O5/c1-3-5-6-7-12-18-29-22(27)20-14-9-10-15-24(20)21(26)19-13-8-11-16-25(19)23(28)30-17-4-2/h19-20H,3-18H2,1-2H3. The predicted molar refractivity (Wildman–Crippen MR) is 115 cm³/mol. The molecule has 2 aliphatic rings. The fraction of sp³-hybridized carbons (Fsp3) is 0.870. The molecule has 2 unspecified atom stereocenters. The van der Waals surface area contributed by atoms with Crippen molar-refractivity contribution >= 4 is 18.0 Å². The van der Waals surface area contributed by atoms with Crippen LogP contribution in [0.25, 0.3) is 0 Å². The molecule has 0 bridgehead atoms. The number of nitrogens with zero attached hydrogens (tertiary/aromatic N) is 2. The number of piperidine rings is 2. The summed E-state index contributed by atoms with van der Waals surface area (Å²) in [6.45, 7) is 5.96. The van der Waals surface area contributed by atoms with Gasteiger partial charge in [0.25, 0.3) is 0 Å². The van der Waals surface area contributed by atoms with Crippen LogP contribution in [0.3, 0.4) is 0 Å². The number of ether oxygens (including phenoxy) is 2. The van der Waals surface area contributed by atoms with Gasteiger partial charge in [-0.05, 0) is 51.4 Å². The highest BCUT2D eigenvalue weighted by atomic mass is 16.6. The summed E-state index contributed by atoms with van der Waals surface area (Å²) in [5, 5.41) is 0. The smallest absolute Gasteiger partial charge is 0.410 e.